The van der Waals surface area contributed by atoms with Gasteiger partial charge in [0.05, 0.1) is 0 Å². The smallest absolute Gasteiger partial charge is 0.320 e. The van der Waals surface area contributed by atoms with E-state index in [-0.39, 0.29) is 11.6 Å². The Hall–Kier alpha value is -1.30. The molecule has 0 heterocycles. The molecule has 1 atom stereocenters. The van der Waals surface area contributed by atoms with Crippen molar-refractivity contribution in [1.82, 2.24) is 10.6 Å². The second kappa shape index (κ2) is 7.11. The summed E-state index contributed by atoms with van der Waals surface area (Å²) in [6.07, 6.45) is 1.83. The Morgan fingerprint density at radius 3 is 2.35 bits per heavy atom. The molecule has 0 aromatic heterocycles. The Morgan fingerprint density at radius 1 is 1.29 bits per heavy atom. The zero-order valence-electron chi connectivity index (χ0n) is 10.7. The van der Waals surface area contributed by atoms with E-state index in [0.29, 0.717) is 19.4 Å². The number of amides is 2. The van der Waals surface area contributed by atoms with E-state index in [1.165, 1.54) is 0 Å². The summed E-state index contributed by atoms with van der Waals surface area (Å²) in [6.45, 7) is 6.23. The van der Waals surface area contributed by atoms with E-state index >= 15 is 0 Å². The molecule has 6 nitrogen and oxygen atoms in total. The lowest BCUT2D eigenvalue weighted by Crippen LogP contribution is -2.46. The predicted octanol–water partition coefficient (Wildman–Crippen LogP) is 0.666. The lowest BCUT2D eigenvalue weighted by Gasteiger charge is -2.20. The van der Waals surface area contributed by atoms with Crippen molar-refractivity contribution in [3.63, 3.8) is 0 Å². The van der Waals surface area contributed by atoms with Crippen LogP contribution in [0, 0.1) is 0 Å². The molecule has 0 fully saturated rings. The molecule has 5 N–H and O–H groups in total. The fourth-order valence-corrected chi connectivity index (χ4v) is 1.20. The number of nitrogens with one attached hydrogen (secondary N) is 2. The minimum absolute atomic E-state index is 0.208. The number of aliphatic carboxylic acids is 1. The molecule has 0 aliphatic carbocycles. The minimum atomic E-state index is -0.983. The molecule has 0 rings (SSSR count). The number of hydrogen-bond acceptors (Lipinski definition) is 3. The van der Waals surface area contributed by atoms with Crippen molar-refractivity contribution in [2.24, 2.45) is 5.73 Å². The largest absolute Gasteiger partial charge is 0.480 e. The zero-order chi connectivity index (χ0) is 13.5. The predicted molar refractivity (Wildman–Crippen MR) is 65.7 cm³/mol. The molecule has 0 aliphatic rings. The Bertz CT molecular complexity index is 261. The number of rotatable bonds is 6. The number of carboxylic acids is 1. The number of carboxylic acid groups (broad SMARTS) is 1. The summed E-state index contributed by atoms with van der Waals surface area (Å²) < 4.78 is 0. The number of nitrogens with two attached hydrogens (primary N) is 1. The highest BCUT2D eigenvalue weighted by Gasteiger charge is 2.13. The summed E-state index contributed by atoms with van der Waals surface area (Å²) in [6, 6.07) is -1.02. The van der Waals surface area contributed by atoms with Crippen molar-refractivity contribution in [3.8, 4) is 0 Å². The van der Waals surface area contributed by atoms with Crippen LogP contribution in [-0.2, 0) is 4.79 Å². The van der Waals surface area contributed by atoms with Gasteiger partial charge in [0.1, 0.15) is 6.04 Å². The summed E-state index contributed by atoms with van der Waals surface area (Å²) in [5.41, 5.74) is 5.09. The molecule has 0 aromatic rings. The summed E-state index contributed by atoms with van der Waals surface area (Å²) in [5, 5.41) is 14.0. The molecule has 0 saturated carbocycles. The fraction of sp³-hybridized carbons (Fsp3) is 0.818. The van der Waals surface area contributed by atoms with Gasteiger partial charge in [-0.15, -0.1) is 0 Å². The van der Waals surface area contributed by atoms with Gasteiger partial charge < -0.3 is 21.5 Å². The van der Waals surface area contributed by atoms with Gasteiger partial charge in [-0.1, -0.05) is 0 Å². The van der Waals surface area contributed by atoms with E-state index in [1.807, 2.05) is 20.8 Å². The minimum Gasteiger partial charge on any atom is -0.480 e. The molecule has 0 radical (unpaired) electrons. The molecule has 0 bridgehead atoms. The lowest BCUT2D eigenvalue weighted by molar-refractivity contribution is -0.138. The van der Waals surface area contributed by atoms with Gasteiger partial charge in [-0.3, -0.25) is 4.79 Å². The van der Waals surface area contributed by atoms with Gasteiger partial charge in [0.25, 0.3) is 0 Å². The molecule has 0 spiro atoms. The lowest BCUT2D eigenvalue weighted by atomic mass is 10.1. The van der Waals surface area contributed by atoms with E-state index in [9.17, 15) is 9.59 Å². The van der Waals surface area contributed by atoms with Crippen molar-refractivity contribution >= 4 is 12.0 Å². The van der Waals surface area contributed by atoms with Crippen LogP contribution < -0.4 is 16.4 Å². The Kier molecular flexibility index (Phi) is 6.57. The van der Waals surface area contributed by atoms with Gasteiger partial charge in [-0.2, -0.15) is 0 Å². The van der Waals surface area contributed by atoms with Gasteiger partial charge >= 0.3 is 12.0 Å². The van der Waals surface area contributed by atoms with Crippen molar-refractivity contribution < 1.29 is 14.7 Å². The summed E-state index contributed by atoms with van der Waals surface area (Å²) in [7, 11) is 0. The number of carbonyl (C=O) groups excluding carboxylic acids is 1. The third kappa shape index (κ3) is 9.62. The topological polar surface area (TPSA) is 104 Å². The summed E-state index contributed by atoms with van der Waals surface area (Å²) in [4.78, 5) is 21.7. The first kappa shape index (κ1) is 15.7. The summed E-state index contributed by atoms with van der Waals surface area (Å²) >= 11 is 0. The molecule has 2 amide bonds. The quantitative estimate of drug-likeness (QED) is 0.516. The van der Waals surface area contributed by atoms with Crippen LogP contribution in [0.5, 0.6) is 0 Å². The first-order chi connectivity index (χ1) is 7.72. The summed E-state index contributed by atoms with van der Waals surface area (Å²) in [5.74, 6) is -0.983. The van der Waals surface area contributed by atoms with Crippen LogP contribution >= 0.6 is 0 Å². The molecule has 6 heteroatoms. The first-order valence-corrected chi connectivity index (χ1v) is 5.77. The average Bonchev–Trinajstić information content (AvgIpc) is 2.13. The fourth-order valence-electron chi connectivity index (χ4n) is 1.20. The molecule has 0 saturated heterocycles. The molecule has 17 heavy (non-hydrogen) atoms. The third-order valence-corrected chi connectivity index (χ3v) is 2.03. The highest BCUT2D eigenvalue weighted by molar-refractivity contribution is 5.74. The second-order valence-electron chi connectivity index (χ2n) is 5.07. The van der Waals surface area contributed by atoms with Crippen LogP contribution in [-0.4, -0.2) is 35.2 Å². The van der Waals surface area contributed by atoms with Gasteiger partial charge in [0.2, 0.25) is 0 Å². The third-order valence-electron chi connectivity index (χ3n) is 2.03. The van der Waals surface area contributed by atoms with E-state index in [4.69, 9.17) is 10.8 Å². The average molecular weight is 245 g/mol. The Labute approximate surface area is 102 Å². The van der Waals surface area contributed by atoms with E-state index in [1.54, 1.807) is 0 Å². The van der Waals surface area contributed by atoms with Crippen molar-refractivity contribution in [1.29, 1.82) is 0 Å². The molecule has 0 aromatic carbocycles. The molecular formula is C11H23N3O3. The molecule has 0 unspecified atom stereocenters. The highest BCUT2D eigenvalue weighted by Crippen LogP contribution is 1.99. The maximum absolute atomic E-state index is 11.3. The van der Waals surface area contributed by atoms with E-state index in [2.05, 4.69) is 10.6 Å². The molecule has 0 aliphatic heterocycles. The number of carbonyl (C=O) groups is 2. The Morgan fingerprint density at radius 2 is 1.88 bits per heavy atom. The van der Waals surface area contributed by atoms with Crippen molar-refractivity contribution in [2.45, 2.75) is 51.6 Å². The zero-order valence-corrected chi connectivity index (χ0v) is 10.7. The standard InChI is InChI=1S/C11H23N3O3/c1-11(2,3)14-10(17)13-7-5-4-6-8(12)9(15)16/h8H,4-7,12H2,1-3H3,(H,15,16)(H2,13,14,17)/t8-/m0/s1. The van der Waals surface area contributed by atoms with Gasteiger partial charge in [-0.25, -0.2) is 4.79 Å². The van der Waals surface area contributed by atoms with Crippen LogP contribution in [0.25, 0.3) is 0 Å². The maximum atomic E-state index is 11.3. The normalized spacial score (nSPS) is 12.9. The van der Waals surface area contributed by atoms with E-state index in [0.717, 1.165) is 6.42 Å². The van der Waals surface area contributed by atoms with Crippen LogP contribution in [0.4, 0.5) is 4.79 Å². The SMILES string of the molecule is CC(C)(C)NC(=O)NCCCC[C@H](N)C(=O)O. The first-order valence-electron chi connectivity index (χ1n) is 5.77. The van der Waals surface area contributed by atoms with Gasteiger partial charge in [0, 0.05) is 12.1 Å². The van der Waals surface area contributed by atoms with Crippen LogP contribution in [0.3, 0.4) is 0 Å². The highest BCUT2D eigenvalue weighted by atomic mass is 16.4. The van der Waals surface area contributed by atoms with E-state index < -0.39 is 12.0 Å². The maximum Gasteiger partial charge on any atom is 0.320 e. The molecule has 100 valence electrons. The van der Waals surface area contributed by atoms with Crippen LogP contribution in [0.15, 0.2) is 0 Å². The second-order valence-corrected chi connectivity index (χ2v) is 5.07. The monoisotopic (exact) mass is 245 g/mol. The van der Waals surface area contributed by atoms with Crippen molar-refractivity contribution in [3.05, 3.63) is 0 Å². The Balaban J connectivity index is 3.52. The van der Waals surface area contributed by atoms with Crippen molar-refractivity contribution in [2.75, 3.05) is 6.54 Å². The van der Waals surface area contributed by atoms with Gasteiger partial charge in [0.15, 0.2) is 0 Å². The number of urea groups is 1. The number of unbranched alkanes of at least 4 members (excludes halogenated alkanes) is 1. The van der Waals surface area contributed by atoms with Crippen LogP contribution in [0.2, 0.25) is 0 Å². The number of hydrogen-bond donors (Lipinski definition) is 4. The van der Waals surface area contributed by atoms with Crippen LogP contribution in [0.1, 0.15) is 40.0 Å². The molecular weight excluding hydrogens is 222 g/mol. The van der Waals surface area contributed by atoms with Gasteiger partial charge in [-0.05, 0) is 40.0 Å².